The molecule has 0 bridgehead atoms. The lowest BCUT2D eigenvalue weighted by Gasteiger charge is -2.25. The molecule has 0 fully saturated rings. The van der Waals surface area contributed by atoms with Crippen molar-refractivity contribution in [2.75, 3.05) is 18.0 Å². The highest BCUT2D eigenvalue weighted by Gasteiger charge is 2.29. The van der Waals surface area contributed by atoms with Crippen LogP contribution in [0.2, 0.25) is 10.0 Å². The van der Waals surface area contributed by atoms with Crippen molar-refractivity contribution in [2.24, 2.45) is 0 Å². The van der Waals surface area contributed by atoms with Gasteiger partial charge in [-0.15, -0.1) is 0 Å². The zero-order valence-electron chi connectivity index (χ0n) is 19.5. The molecular weight excluding hydrogens is 511 g/mol. The standard InChI is InChI=1S/C25H26Cl2N2O5S/c1-17(2)34-22-13-12-18(14-23(22)33-3)15-28-24(30)16-29(21-11-7-10-20(26)25(21)27)35(31,32)19-8-5-4-6-9-19/h4-14,17H,15-16H2,1-3H3,(H,28,30). The van der Waals surface area contributed by atoms with E-state index in [1.165, 1.54) is 25.3 Å². The highest BCUT2D eigenvalue weighted by Crippen LogP contribution is 2.35. The number of carbonyl (C=O) groups excluding carboxylic acids is 1. The van der Waals surface area contributed by atoms with Crippen LogP contribution in [0.4, 0.5) is 5.69 Å². The van der Waals surface area contributed by atoms with E-state index in [0.717, 1.165) is 9.87 Å². The predicted molar refractivity (Wildman–Crippen MR) is 138 cm³/mol. The molecule has 1 amide bonds. The summed E-state index contributed by atoms with van der Waals surface area (Å²) in [6, 6.07) is 17.7. The van der Waals surface area contributed by atoms with Crippen molar-refractivity contribution in [1.29, 1.82) is 0 Å². The number of hydrogen-bond donors (Lipinski definition) is 1. The second-order valence-corrected chi connectivity index (χ2v) is 10.5. The summed E-state index contributed by atoms with van der Waals surface area (Å²) in [7, 11) is -2.57. The van der Waals surface area contributed by atoms with Crippen molar-refractivity contribution in [3.8, 4) is 11.5 Å². The highest BCUT2D eigenvalue weighted by atomic mass is 35.5. The lowest BCUT2D eigenvalue weighted by atomic mass is 10.2. The van der Waals surface area contributed by atoms with E-state index in [-0.39, 0.29) is 33.3 Å². The van der Waals surface area contributed by atoms with Crippen LogP contribution in [-0.4, -0.2) is 34.1 Å². The molecule has 0 heterocycles. The third-order valence-electron chi connectivity index (χ3n) is 4.90. The minimum Gasteiger partial charge on any atom is -0.493 e. The molecule has 0 saturated heterocycles. The molecule has 0 aliphatic carbocycles. The highest BCUT2D eigenvalue weighted by molar-refractivity contribution is 7.92. The number of hydrogen-bond acceptors (Lipinski definition) is 5. The summed E-state index contributed by atoms with van der Waals surface area (Å²) in [4.78, 5) is 12.9. The first-order chi connectivity index (χ1) is 16.6. The molecule has 0 aliphatic heterocycles. The van der Waals surface area contributed by atoms with E-state index in [1.54, 1.807) is 48.5 Å². The van der Waals surface area contributed by atoms with Gasteiger partial charge in [0.25, 0.3) is 10.0 Å². The summed E-state index contributed by atoms with van der Waals surface area (Å²) < 4.78 is 38.9. The van der Waals surface area contributed by atoms with Gasteiger partial charge >= 0.3 is 0 Å². The number of ether oxygens (including phenoxy) is 2. The largest absolute Gasteiger partial charge is 0.493 e. The fourth-order valence-electron chi connectivity index (χ4n) is 3.26. The second-order valence-electron chi connectivity index (χ2n) is 7.83. The minimum atomic E-state index is -4.11. The summed E-state index contributed by atoms with van der Waals surface area (Å²) in [5.41, 5.74) is 0.861. The zero-order valence-corrected chi connectivity index (χ0v) is 21.8. The molecule has 186 valence electrons. The summed E-state index contributed by atoms with van der Waals surface area (Å²) in [6.45, 7) is 3.48. The van der Waals surface area contributed by atoms with Gasteiger partial charge < -0.3 is 14.8 Å². The van der Waals surface area contributed by atoms with E-state index < -0.39 is 22.5 Å². The van der Waals surface area contributed by atoms with E-state index in [0.29, 0.717) is 11.5 Å². The van der Waals surface area contributed by atoms with Crippen molar-refractivity contribution in [3.05, 3.63) is 82.3 Å². The van der Waals surface area contributed by atoms with E-state index in [2.05, 4.69) is 5.32 Å². The molecule has 0 aliphatic rings. The Morgan fingerprint density at radius 3 is 2.37 bits per heavy atom. The quantitative estimate of drug-likeness (QED) is 0.380. The van der Waals surface area contributed by atoms with Gasteiger partial charge in [-0.05, 0) is 55.8 Å². The maximum atomic E-state index is 13.4. The molecular formula is C25H26Cl2N2O5S. The summed E-state index contributed by atoms with van der Waals surface area (Å²) >= 11 is 12.5. The summed E-state index contributed by atoms with van der Waals surface area (Å²) in [5.74, 6) is 0.597. The Bertz CT molecular complexity index is 1280. The molecule has 3 aromatic rings. The minimum absolute atomic E-state index is 0.0225. The number of carbonyl (C=O) groups is 1. The van der Waals surface area contributed by atoms with Crippen LogP contribution in [0.15, 0.2) is 71.6 Å². The van der Waals surface area contributed by atoms with Gasteiger partial charge in [0.1, 0.15) is 6.54 Å². The van der Waals surface area contributed by atoms with Crippen molar-refractivity contribution < 1.29 is 22.7 Å². The van der Waals surface area contributed by atoms with Crippen LogP contribution in [0.5, 0.6) is 11.5 Å². The Hall–Kier alpha value is -2.94. The van der Waals surface area contributed by atoms with Crippen LogP contribution >= 0.6 is 23.2 Å². The van der Waals surface area contributed by atoms with Crippen LogP contribution in [0.3, 0.4) is 0 Å². The molecule has 3 rings (SSSR count). The van der Waals surface area contributed by atoms with Crippen LogP contribution in [0, 0.1) is 0 Å². The van der Waals surface area contributed by atoms with Crippen LogP contribution in [-0.2, 0) is 21.4 Å². The molecule has 0 atom stereocenters. The molecule has 10 heteroatoms. The number of halogens is 2. The first-order valence-electron chi connectivity index (χ1n) is 10.8. The van der Waals surface area contributed by atoms with E-state index in [1.807, 2.05) is 13.8 Å². The fraction of sp³-hybridized carbons (Fsp3) is 0.240. The monoisotopic (exact) mass is 536 g/mol. The van der Waals surface area contributed by atoms with Gasteiger partial charge in [-0.3, -0.25) is 9.10 Å². The van der Waals surface area contributed by atoms with Gasteiger partial charge in [0, 0.05) is 6.54 Å². The molecule has 7 nitrogen and oxygen atoms in total. The Kier molecular flexibility index (Phi) is 8.88. The number of anilines is 1. The number of amides is 1. The Labute approximate surface area is 215 Å². The molecule has 3 aromatic carbocycles. The fourth-order valence-corrected chi connectivity index (χ4v) is 5.17. The number of methoxy groups -OCH3 is 1. The molecule has 0 unspecified atom stereocenters. The van der Waals surface area contributed by atoms with Gasteiger partial charge in [-0.2, -0.15) is 0 Å². The molecule has 0 saturated carbocycles. The Morgan fingerprint density at radius 1 is 1.00 bits per heavy atom. The topological polar surface area (TPSA) is 84.9 Å². The van der Waals surface area contributed by atoms with E-state index >= 15 is 0 Å². The van der Waals surface area contributed by atoms with Gasteiger partial charge in [0.05, 0.1) is 33.8 Å². The number of rotatable bonds is 10. The smallest absolute Gasteiger partial charge is 0.264 e. The van der Waals surface area contributed by atoms with Crippen molar-refractivity contribution in [2.45, 2.75) is 31.4 Å². The third-order valence-corrected chi connectivity index (χ3v) is 7.48. The first kappa shape index (κ1) is 26.7. The molecule has 0 aromatic heterocycles. The Balaban J connectivity index is 1.83. The van der Waals surface area contributed by atoms with Crippen LogP contribution in [0.1, 0.15) is 19.4 Å². The SMILES string of the molecule is COc1cc(CNC(=O)CN(c2cccc(Cl)c2Cl)S(=O)(=O)c2ccccc2)ccc1OC(C)C. The molecule has 1 N–H and O–H groups in total. The summed E-state index contributed by atoms with van der Waals surface area (Å²) in [6.07, 6.45) is -0.0229. The number of sulfonamides is 1. The van der Waals surface area contributed by atoms with Gasteiger partial charge in [-0.25, -0.2) is 8.42 Å². The van der Waals surface area contributed by atoms with Crippen molar-refractivity contribution in [3.63, 3.8) is 0 Å². The normalized spacial score (nSPS) is 11.3. The van der Waals surface area contributed by atoms with Crippen molar-refractivity contribution in [1.82, 2.24) is 5.32 Å². The average Bonchev–Trinajstić information content (AvgIpc) is 2.84. The van der Waals surface area contributed by atoms with Gasteiger partial charge in [0.2, 0.25) is 5.91 Å². The number of nitrogens with zero attached hydrogens (tertiary/aromatic N) is 1. The predicted octanol–water partition coefficient (Wildman–Crippen LogP) is 5.30. The molecule has 35 heavy (non-hydrogen) atoms. The van der Waals surface area contributed by atoms with Gasteiger partial charge in [0.15, 0.2) is 11.5 Å². The summed E-state index contributed by atoms with van der Waals surface area (Å²) in [5, 5.41) is 2.96. The van der Waals surface area contributed by atoms with Crippen molar-refractivity contribution >= 4 is 44.8 Å². The molecule has 0 spiro atoms. The lowest BCUT2D eigenvalue weighted by Crippen LogP contribution is -2.40. The number of benzene rings is 3. The van der Waals surface area contributed by atoms with E-state index in [9.17, 15) is 13.2 Å². The van der Waals surface area contributed by atoms with E-state index in [4.69, 9.17) is 32.7 Å². The molecule has 0 radical (unpaired) electrons. The van der Waals surface area contributed by atoms with Crippen LogP contribution < -0.4 is 19.1 Å². The zero-order chi connectivity index (χ0) is 25.6. The average molecular weight is 537 g/mol. The maximum absolute atomic E-state index is 13.4. The first-order valence-corrected chi connectivity index (χ1v) is 12.9. The Morgan fingerprint density at radius 2 is 1.71 bits per heavy atom. The number of nitrogens with one attached hydrogen (secondary N) is 1. The van der Waals surface area contributed by atoms with Gasteiger partial charge in [-0.1, -0.05) is 53.5 Å². The van der Waals surface area contributed by atoms with Crippen LogP contribution in [0.25, 0.3) is 0 Å². The lowest BCUT2D eigenvalue weighted by molar-refractivity contribution is -0.119. The maximum Gasteiger partial charge on any atom is 0.264 e. The third kappa shape index (κ3) is 6.60. The second kappa shape index (κ2) is 11.7.